The van der Waals surface area contributed by atoms with Crippen molar-refractivity contribution < 1.29 is 9.84 Å². The van der Waals surface area contributed by atoms with Crippen LogP contribution >= 0.6 is 0 Å². The van der Waals surface area contributed by atoms with Crippen LogP contribution in [0.4, 0.5) is 17.3 Å². The van der Waals surface area contributed by atoms with Crippen molar-refractivity contribution in [2.24, 2.45) is 0 Å². The van der Waals surface area contributed by atoms with Crippen molar-refractivity contribution in [1.29, 1.82) is 0 Å². The van der Waals surface area contributed by atoms with Crippen molar-refractivity contribution in [2.75, 3.05) is 41.8 Å². The highest BCUT2D eigenvalue weighted by Gasteiger charge is 2.41. The van der Waals surface area contributed by atoms with E-state index in [9.17, 15) is 5.11 Å². The zero-order chi connectivity index (χ0) is 20.2. The molecule has 6 heterocycles. The zero-order valence-electron chi connectivity index (χ0n) is 16.7. The molecular weight excluding hydrogens is 384 g/mol. The van der Waals surface area contributed by atoms with Crippen molar-refractivity contribution in [1.82, 2.24) is 25.0 Å². The molecule has 0 aliphatic carbocycles. The topological polar surface area (TPSA) is 121 Å². The summed E-state index contributed by atoms with van der Waals surface area (Å²) in [6.45, 7) is 2.99. The van der Waals surface area contributed by atoms with E-state index < -0.39 is 0 Å². The lowest BCUT2D eigenvalue weighted by Gasteiger charge is -2.40. The zero-order valence-corrected chi connectivity index (χ0v) is 16.7. The third-order valence-electron chi connectivity index (χ3n) is 6.67. The number of fused-ring (bicyclic) bond motifs is 3. The molecule has 6 rings (SSSR count). The lowest BCUT2D eigenvalue weighted by Crippen LogP contribution is -2.45. The number of anilines is 3. The first-order chi connectivity index (χ1) is 14.7. The Morgan fingerprint density at radius 1 is 1.17 bits per heavy atom. The Balaban J connectivity index is 1.55. The first-order valence-electron chi connectivity index (χ1n) is 10.7. The summed E-state index contributed by atoms with van der Waals surface area (Å²) in [4.78, 5) is 9.71. The summed E-state index contributed by atoms with van der Waals surface area (Å²) < 4.78 is 7.28. The number of aromatic nitrogens is 5. The van der Waals surface area contributed by atoms with Crippen LogP contribution in [-0.4, -0.2) is 74.6 Å². The maximum atomic E-state index is 10.3. The van der Waals surface area contributed by atoms with Gasteiger partial charge in [-0.05, 0) is 25.7 Å². The maximum absolute atomic E-state index is 10.3. The normalized spacial score (nSPS) is 26.6. The number of piperidine rings is 1. The molecular formula is C20H26N8O2. The first-order valence-corrected chi connectivity index (χ1v) is 10.7. The van der Waals surface area contributed by atoms with Crippen LogP contribution < -0.4 is 15.5 Å². The van der Waals surface area contributed by atoms with Gasteiger partial charge in [0.05, 0.1) is 36.6 Å². The number of rotatable bonds is 3. The third kappa shape index (κ3) is 2.74. The first kappa shape index (κ1) is 18.0. The molecule has 158 valence electrons. The average molecular weight is 410 g/mol. The number of nitrogens with two attached hydrogens (primary N) is 1. The van der Waals surface area contributed by atoms with Crippen LogP contribution in [-0.2, 0) is 4.74 Å². The highest BCUT2D eigenvalue weighted by Crippen LogP contribution is 2.44. The van der Waals surface area contributed by atoms with Crippen LogP contribution in [0.5, 0.6) is 0 Å². The fourth-order valence-corrected chi connectivity index (χ4v) is 5.34. The molecule has 2 bridgehead atoms. The van der Waals surface area contributed by atoms with Gasteiger partial charge in [-0.25, -0.2) is 4.98 Å². The van der Waals surface area contributed by atoms with Crippen molar-refractivity contribution in [3.63, 3.8) is 0 Å². The monoisotopic (exact) mass is 410 g/mol. The smallest absolute Gasteiger partial charge is 0.171 e. The molecule has 30 heavy (non-hydrogen) atoms. The van der Waals surface area contributed by atoms with Crippen LogP contribution in [0.2, 0.25) is 0 Å². The second-order valence-corrected chi connectivity index (χ2v) is 8.45. The van der Waals surface area contributed by atoms with Gasteiger partial charge >= 0.3 is 0 Å². The van der Waals surface area contributed by atoms with E-state index in [-0.39, 0.29) is 6.10 Å². The van der Waals surface area contributed by atoms with Crippen LogP contribution in [0.15, 0.2) is 18.3 Å². The molecule has 0 radical (unpaired) electrons. The molecule has 3 saturated heterocycles. The standard InChI is InChI=1S/C20H26N8O2/c21-19-18-15(27-12-1-2-13(27)10-14(29)9-12)11-17(26-5-7-30-8-6-26)23-20(18)28(25-19)16-3-4-22-24-16/h3-4,11-14,29H,1-2,5-10H2,(H2,21,25)(H,22,24). The summed E-state index contributed by atoms with van der Waals surface area (Å²) in [7, 11) is 0. The molecule has 3 aliphatic rings. The fourth-order valence-electron chi connectivity index (χ4n) is 5.34. The Morgan fingerprint density at radius 2 is 1.93 bits per heavy atom. The van der Waals surface area contributed by atoms with E-state index in [2.05, 4.69) is 31.2 Å². The lowest BCUT2D eigenvalue weighted by atomic mass is 9.98. The van der Waals surface area contributed by atoms with Gasteiger partial charge in [0.2, 0.25) is 0 Å². The number of nitrogen functional groups attached to an aromatic ring is 1. The van der Waals surface area contributed by atoms with Gasteiger partial charge in [-0.2, -0.15) is 9.78 Å². The molecule has 4 N–H and O–H groups in total. The predicted octanol–water partition coefficient (Wildman–Crippen LogP) is 1.05. The Kier molecular flexibility index (Phi) is 4.10. The summed E-state index contributed by atoms with van der Waals surface area (Å²) in [5.41, 5.74) is 8.24. The number of aromatic amines is 1. The van der Waals surface area contributed by atoms with E-state index in [4.69, 9.17) is 15.5 Å². The third-order valence-corrected chi connectivity index (χ3v) is 6.67. The maximum Gasteiger partial charge on any atom is 0.171 e. The minimum Gasteiger partial charge on any atom is -0.393 e. The number of nitrogens with one attached hydrogen (secondary N) is 1. The van der Waals surface area contributed by atoms with Crippen molar-refractivity contribution in [3.05, 3.63) is 18.3 Å². The van der Waals surface area contributed by atoms with Gasteiger partial charge in [0.15, 0.2) is 17.3 Å². The Hall–Kier alpha value is -2.85. The summed E-state index contributed by atoms with van der Waals surface area (Å²) >= 11 is 0. The SMILES string of the molecule is Nc1nn(-c2ccn[nH]2)c2nc(N3CCOCC3)cc(N3C4CCC3CC(O)C4)c12. The van der Waals surface area contributed by atoms with E-state index >= 15 is 0 Å². The van der Waals surface area contributed by atoms with Crippen LogP contribution in [0.1, 0.15) is 25.7 Å². The number of nitrogens with zero attached hydrogens (tertiary/aromatic N) is 6. The van der Waals surface area contributed by atoms with E-state index in [1.807, 2.05) is 6.07 Å². The predicted molar refractivity (Wildman–Crippen MR) is 113 cm³/mol. The van der Waals surface area contributed by atoms with Gasteiger partial charge in [0.25, 0.3) is 0 Å². The van der Waals surface area contributed by atoms with E-state index in [1.54, 1.807) is 10.9 Å². The molecule has 0 aromatic carbocycles. The van der Waals surface area contributed by atoms with E-state index in [0.29, 0.717) is 31.1 Å². The minimum atomic E-state index is -0.222. The number of morpholine rings is 1. The number of H-pyrrole nitrogens is 1. The number of aliphatic hydroxyl groups excluding tert-OH is 1. The summed E-state index contributed by atoms with van der Waals surface area (Å²) in [5, 5.41) is 22.8. The largest absolute Gasteiger partial charge is 0.393 e. The molecule has 0 amide bonds. The van der Waals surface area contributed by atoms with E-state index in [1.165, 1.54) is 0 Å². The molecule has 3 aliphatic heterocycles. The molecule has 2 unspecified atom stereocenters. The van der Waals surface area contributed by atoms with Crippen molar-refractivity contribution in [3.8, 4) is 5.82 Å². The highest BCUT2D eigenvalue weighted by atomic mass is 16.5. The molecule has 3 fully saturated rings. The van der Waals surface area contributed by atoms with Crippen molar-refractivity contribution >= 4 is 28.4 Å². The molecule has 3 aromatic rings. The molecule has 2 atom stereocenters. The second kappa shape index (κ2) is 6.85. The Morgan fingerprint density at radius 3 is 2.63 bits per heavy atom. The number of hydrogen-bond donors (Lipinski definition) is 3. The number of ether oxygens (including phenoxy) is 1. The quantitative estimate of drug-likeness (QED) is 0.586. The lowest BCUT2D eigenvalue weighted by molar-refractivity contribution is 0.122. The highest BCUT2D eigenvalue weighted by molar-refractivity contribution is 6.00. The molecule has 3 aromatic heterocycles. The molecule has 0 saturated carbocycles. The van der Waals surface area contributed by atoms with E-state index in [0.717, 1.165) is 67.1 Å². The second-order valence-electron chi connectivity index (χ2n) is 8.45. The molecule has 10 nitrogen and oxygen atoms in total. The van der Waals surface area contributed by atoms with Gasteiger partial charge < -0.3 is 25.4 Å². The van der Waals surface area contributed by atoms with Gasteiger partial charge in [-0.3, -0.25) is 5.10 Å². The Bertz CT molecular complexity index is 1040. The molecule has 0 spiro atoms. The van der Waals surface area contributed by atoms with Crippen molar-refractivity contribution in [2.45, 2.75) is 43.9 Å². The average Bonchev–Trinajstić information content (AvgIpc) is 3.46. The van der Waals surface area contributed by atoms with Gasteiger partial charge in [0.1, 0.15) is 5.82 Å². The van der Waals surface area contributed by atoms with Gasteiger partial charge in [0, 0.05) is 37.3 Å². The molecule has 10 heteroatoms. The fraction of sp³-hybridized carbons (Fsp3) is 0.550. The number of aliphatic hydroxyl groups is 1. The minimum absolute atomic E-state index is 0.222. The number of hydrogen-bond acceptors (Lipinski definition) is 8. The summed E-state index contributed by atoms with van der Waals surface area (Å²) in [5.74, 6) is 2.10. The van der Waals surface area contributed by atoms with Gasteiger partial charge in [-0.1, -0.05) is 0 Å². The number of pyridine rings is 1. The van der Waals surface area contributed by atoms with Gasteiger partial charge in [-0.15, -0.1) is 5.10 Å². The Labute approximate surface area is 173 Å². The summed E-state index contributed by atoms with van der Waals surface area (Å²) in [6.07, 6.45) is 5.24. The van der Waals surface area contributed by atoms with Crippen LogP contribution in [0, 0.1) is 0 Å². The summed E-state index contributed by atoms with van der Waals surface area (Å²) in [6, 6.07) is 4.65. The van der Waals surface area contributed by atoms with Crippen LogP contribution in [0.3, 0.4) is 0 Å². The van der Waals surface area contributed by atoms with Crippen LogP contribution in [0.25, 0.3) is 16.9 Å².